The summed E-state index contributed by atoms with van der Waals surface area (Å²) in [6.45, 7) is 3.64. The van der Waals surface area contributed by atoms with Gasteiger partial charge in [-0.1, -0.05) is 36.9 Å². The lowest BCUT2D eigenvalue weighted by Gasteiger charge is -2.18. The molecule has 0 bridgehead atoms. The van der Waals surface area contributed by atoms with Crippen LogP contribution in [0, 0.1) is 5.92 Å². The lowest BCUT2D eigenvalue weighted by Crippen LogP contribution is -2.20. The Labute approximate surface area is 129 Å². The van der Waals surface area contributed by atoms with Crippen LogP contribution in [0.25, 0.3) is 0 Å². The molecule has 0 spiro atoms. The molecule has 2 unspecified atom stereocenters. The fourth-order valence-electron chi connectivity index (χ4n) is 2.00. The zero-order valence-electron chi connectivity index (χ0n) is 12.2. The summed E-state index contributed by atoms with van der Waals surface area (Å²) in [5, 5.41) is -0.347. The number of halogens is 1. The van der Waals surface area contributed by atoms with Crippen molar-refractivity contribution in [3.05, 3.63) is 48.0 Å². The van der Waals surface area contributed by atoms with Gasteiger partial charge in [0.05, 0.1) is 25.5 Å². The van der Waals surface area contributed by atoms with Crippen LogP contribution in [0.1, 0.15) is 23.8 Å². The van der Waals surface area contributed by atoms with E-state index < -0.39 is 17.9 Å². The summed E-state index contributed by atoms with van der Waals surface area (Å²) in [5.74, 6) is -1.49. The van der Waals surface area contributed by atoms with Crippen LogP contribution in [-0.2, 0) is 19.1 Å². The Kier molecular flexibility index (Phi) is 6.96. The monoisotopic (exact) mass is 310 g/mol. The highest BCUT2D eigenvalue weighted by Crippen LogP contribution is 2.31. The number of hydrogen-bond donors (Lipinski definition) is 0. The van der Waals surface area contributed by atoms with Gasteiger partial charge in [0.1, 0.15) is 0 Å². The van der Waals surface area contributed by atoms with E-state index in [1.165, 1.54) is 14.2 Å². The van der Waals surface area contributed by atoms with Crippen molar-refractivity contribution in [2.75, 3.05) is 14.2 Å². The molecule has 0 aliphatic carbocycles. The molecule has 4 nitrogen and oxygen atoms in total. The number of rotatable bonds is 7. The van der Waals surface area contributed by atoms with Crippen molar-refractivity contribution in [1.29, 1.82) is 0 Å². The van der Waals surface area contributed by atoms with Gasteiger partial charge in [-0.15, -0.1) is 11.6 Å². The molecular formula is C16H19ClO4. The number of benzene rings is 1. The largest absolute Gasteiger partial charge is 0.469 e. The molecule has 1 rings (SSSR count). The zero-order valence-corrected chi connectivity index (χ0v) is 12.9. The maximum absolute atomic E-state index is 11.9. The lowest BCUT2D eigenvalue weighted by atomic mass is 9.93. The summed E-state index contributed by atoms with van der Waals surface area (Å²) in [6, 6.07) is 9.43. The van der Waals surface area contributed by atoms with Gasteiger partial charge in [-0.2, -0.15) is 0 Å². The number of carbonyl (C=O) groups is 2. The molecule has 2 atom stereocenters. The molecule has 0 N–H and O–H groups in total. The van der Waals surface area contributed by atoms with Crippen molar-refractivity contribution < 1.29 is 19.1 Å². The number of hydrogen-bond acceptors (Lipinski definition) is 4. The van der Waals surface area contributed by atoms with E-state index in [4.69, 9.17) is 16.3 Å². The maximum atomic E-state index is 11.9. The molecule has 0 fully saturated rings. The van der Waals surface area contributed by atoms with E-state index >= 15 is 0 Å². The first-order chi connectivity index (χ1) is 9.99. The van der Waals surface area contributed by atoms with Crippen LogP contribution in [0.4, 0.5) is 0 Å². The highest BCUT2D eigenvalue weighted by atomic mass is 35.5. The van der Waals surface area contributed by atoms with Crippen LogP contribution >= 0.6 is 11.6 Å². The molecule has 0 radical (unpaired) electrons. The normalized spacial score (nSPS) is 13.1. The average molecular weight is 311 g/mol. The van der Waals surface area contributed by atoms with E-state index in [1.54, 1.807) is 0 Å². The third kappa shape index (κ3) is 5.23. The van der Waals surface area contributed by atoms with E-state index in [9.17, 15) is 9.59 Å². The Morgan fingerprint density at radius 1 is 1.19 bits per heavy atom. The van der Waals surface area contributed by atoms with Gasteiger partial charge in [0.15, 0.2) is 0 Å². The summed E-state index contributed by atoms with van der Waals surface area (Å²) in [4.78, 5) is 23.3. The number of ether oxygens (including phenoxy) is 2. The predicted octanol–water partition coefficient (Wildman–Crippen LogP) is 3.27. The van der Waals surface area contributed by atoms with Gasteiger partial charge in [0, 0.05) is 5.57 Å². The van der Waals surface area contributed by atoms with Crippen molar-refractivity contribution in [1.82, 2.24) is 0 Å². The lowest BCUT2D eigenvalue weighted by molar-refractivity contribution is -0.145. The van der Waals surface area contributed by atoms with Crippen molar-refractivity contribution in [2.24, 2.45) is 5.92 Å². The summed E-state index contributed by atoms with van der Waals surface area (Å²) < 4.78 is 9.36. The molecule has 21 heavy (non-hydrogen) atoms. The number of alkyl halides is 1. The van der Waals surface area contributed by atoms with E-state index in [-0.39, 0.29) is 17.4 Å². The van der Waals surface area contributed by atoms with E-state index in [0.29, 0.717) is 6.42 Å². The topological polar surface area (TPSA) is 52.6 Å². The molecule has 0 aromatic heterocycles. The quantitative estimate of drug-likeness (QED) is 0.440. The van der Waals surface area contributed by atoms with Crippen molar-refractivity contribution >= 4 is 23.5 Å². The van der Waals surface area contributed by atoms with Crippen LogP contribution in [0.3, 0.4) is 0 Å². The van der Waals surface area contributed by atoms with Gasteiger partial charge < -0.3 is 9.47 Å². The molecule has 1 aromatic rings. The number of esters is 2. The first kappa shape index (κ1) is 17.2. The molecule has 1 aromatic carbocycles. The highest BCUT2D eigenvalue weighted by molar-refractivity contribution is 6.20. The van der Waals surface area contributed by atoms with Crippen molar-refractivity contribution in [3.63, 3.8) is 0 Å². The molecule has 0 amide bonds. The summed E-state index contributed by atoms with van der Waals surface area (Å²) >= 11 is 6.35. The zero-order chi connectivity index (χ0) is 15.8. The highest BCUT2D eigenvalue weighted by Gasteiger charge is 2.26. The Bertz CT molecular complexity index is 498. The second kappa shape index (κ2) is 8.47. The minimum Gasteiger partial charge on any atom is -0.469 e. The third-order valence-electron chi connectivity index (χ3n) is 3.15. The first-order valence-electron chi connectivity index (χ1n) is 6.52. The summed E-state index contributed by atoms with van der Waals surface area (Å²) in [5.41, 5.74) is 1.14. The minimum atomic E-state index is -0.538. The Morgan fingerprint density at radius 3 is 2.33 bits per heavy atom. The van der Waals surface area contributed by atoms with E-state index in [1.807, 2.05) is 30.3 Å². The SMILES string of the molecule is C=C(CC(CC(Cl)c1ccccc1)C(=O)OC)C(=O)OC. The molecule has 0 saturated heterocycles. The predicted molar refractivity (Wildman–Crippen MR) is 80.9 cm³/mol. The average Bonchev–Trinajstić information content (AvgIpc) is 2.53. The Morgan fingerprint density at radius 2 is 1.81 bits per heavy atom. The minimum absolute atomic E-state index is 0.162. The van der Waals surface area contributed by atoms with Crippen LogP contribution in [-0.4, -0.2) is 26.2 Å². The molecule has 0 saturated carbocycles. The van der Waals surface area contributed by atoms with Crippen LogP contribution in [0.2, 0.25) is 0 Å². The van der Waals surface area contributed by atoms with Crippen molar-refractivity contribution in [2.45, 2.75) is 18.2 Å². The fraction of sp³-hybridized carbons (Fsp3) is 0.375. The molecule has 0 aliphatic heterocycles. The van der Waals surface area contributed by atoms with Crippen LogP contribution < -0.4 is 0 Å². The van der Waals surface area contributed by atoms with Crippen molar-refractivity contribution in [3.8, 4) is 0 Å². The molecule has 0 heterocycles. The van der Waals surface area contributed by atoms with Gasteiger partial charge in [-0.05, 0) is 18.4 Å². The van der Waals surface area contributed by atoms with Gasteiger partial charge in [-0.3, -0.25) is 4.79 Å². The second-order valence-corrected chi connectivity index (χ2v) is 5.16. The molecule has 114 valence electrons. The van der Waals surface area contributed by atoms with E-state index in [0.717, 1.165) is 5.56 Å². The second-order valence-electron chi connectivity index (χ2n) is 4.63. The standard InChI is InChI=1S/C16H19ClO4/c1-11(15(18)20-2)9-13(16(19)21-3)10-14(17)12-7-5-4-6-8-12/h4-8,13-14H,1,9-10H2,2-3H3. The Hall–Kier alpha value is -1.81. The summed E-state index contributed by atoms with van der Waals surface area (Å²) in [7, 11) is 2.58. The Balaban J connectivity index is 2.77. The smallest absolute Gasteiger partial charge is 0.333 e. The molecule has 5 heteroatoms. The van der Waals surface area contributed by atoms with E-state index in [2.05, 4.69) is 11.3 Å². The van der Waals surface area contributed by atoms with Gasteiger partial charge in [0.2, 0.25) is 0 Å². The van der Waals surface area contributed by atoms with Gasteiger partial charge >= 0.3 is 11.9 Å². The maximum Gasteiger partial charge on any atom is 0.333 e. The first-order valence-corrected chi connectivity index (χ1v) is 6.96. The third-order valence-corrected chi connectivity index (χ3v) is 3.58. The number of methoxy groups -OCH3 is 2. The van der Waals surface area contributed by atoms with Gasteiger partial charge in [-0.25, -0.2) is 4.79 Å². The molecule has 0 aliphatic rings. The van der Waals surface area contributed by atoms with Crippen LogP contribution in [0.15, 0.2) is 42.5 Å². The van der Waals surface area contributed by atoms with Gasteiger partial charge in [0.25, 0.3) is 0 Å². The summed E-state index contributed by atoms with van der Waals surface area (Å²) in [6.07, 6.45) is 0.518. The fourth-order valence-corrected chi connectivity index (χ4v) is 2.36. The number of carbonyl (C=O) groups excluding carboxylic acids is 2. The molecular weight excluding hydrogens is 292 g/mol. The van der Waals surface area contributed by atoms with Crippen LogP contribution in [0.5, 0.6) is 0 Å².